The van der Waals surface area contributed by atoms with Crippen LogP contribution >= 0.6 is 0 Å². The molecule has 118 valence electrons. The van der Waals surface area contributed by atoms with Gasteiger partial charge in [-0.15, -0.1) is 0 Å². The summed E-state index contributed by atoms with van der Waals surface area (Å²) in [5, 5.41) is 3.60. The smallest absolute Gasteiger partial charge is 0.0105 e. The molecule has 2 fully saturated rings. The highest BCUT2D eigenvalue weighted by molar-refractivity contribution is 4.87. The highest BCUT2D eigenvalue weighted by Crippen LogP contribution is 2.34. The van der Waals surface area contributed by atoms with E-state index in [0.29, 0.717) is 0 Å². The summed E-state index contributed by atoms with van der Waals surface area (Å²) < 4.78 is 0. The van der Waals surface area contributed by atoms with Crippen LogP contribution in [0.1, 0.15) is 59.3 Å². The number of hydrogen-bond acceptors (Lipinski definition) is 2. The SMILES string of the molecule is CNC1CCC(C(C)C)CC1CN1CCCC(C)CC1. The molecule has 20 heavy (non-hydrogen) atoms. The van der Waals surface area contributed by atoms with Gasteiger partial charge in [0.15, 0.2) is 0 Å². The third-order valence-corrected chi connectivity index (χ3v) is 5.94. The third-order valence-electron chi connectivity index (χ3n) is 5.94. The summed E-state index contributed by atoms with van der Waals surface area (Å²) in [4.78, 5) is 2.77. The van der Waals surface area contributed by atoms with E-state index in [1.54, 1.807) is 0 Å². The predicted octanol–water partition coefficient (Wildman–Crippen LogP) is 3.77. The Morgan fingerprint density at radius 1 is 1.10 bits per heavy atom. The van der Waals surface area contributed by atoms with Crippen LogP contribution in [-0.4, -0.2) is 37.6 Å². The Bertz CT molecular complexity index is 277. The summed E-state index contributed by atoms with van der Waals surface area (Å²) in [6, 6.07) is 0.755. The van der Waals surface area contributed by atoms with E-state index in [0.717, 1.165) is 29.7 Å². The molecule has 4 atom stereocenters. The maximum absolute atomic E-state index is 3.60. The predicted molar refractivity (Wildman–Crippen MR) is 88.0 cm³/mol. The van der Waals surface area contributed by atoms with Gasteiger partial charge >= 0.3 is 0 Å². The Morgan fingerprint density at radius 2 is 1.90 bits per heavy atom. The Morgan fingerprint density at radius 3 is 2.60 bits per heavy atom. The molecule has 1 heterocycles. The van der Waals surface area contributed by atoms with Gasteiger partial charge in [0.2, 0.25) is 0 Å². The molecule has 2 heteroatoms. The lowest BCUT2D eigenvalue weighted by Crippen LogP contribution is -2.45. The third kappa shape index (κ3) is 4.46. The Labute approximate surface area is 126 Å². The lowest BCUT2D eigenvalue weighted by atomic mass is 9.73. The van der Waals surface area contributed by atoms with Gasteiger partial charge in [0.1, 0.15) is 0 Å². The molecule has 1 N–H and O–H groups in total. The second-order valence-corrected chi connectivity index (χ2v) is 7.81. The number of nitrogens with zero attached hydrogens (tertiary/aromatic N) is 1. The summed E-state index contributed by atoms with van der Waals surface area (Å²) >= 11 is 0. The molecule has 0 spiro atoms. The molecule has 1 saturated heterocycles. The first-order chi connectivity index (χ1) is 9.60. The van der Waals surface area contributed by atoms with Crippen molar-refractivity contribution in [2.75, 3.05) is 26.7 Å². The molecular weight excluding hydrogens is 244 g/mol. The fraction of sp³-hybridized carbons (Fsp3) is 1.00. The monoisotopic (exact) mass is 280 g/mol. The van der Waals surface area contributed by atoms with Gasteiger partial charge in [-0.1, -0.05) is 20.8 Å². The molecule has 0 aromatic rings. The number of hydrogen-bond donors (Lipinski definition) is 1. The molecule has 0 bridgehead atoms. The van der Waals surface area contributed by atoms with E-state index in [4.69, 9.17) is 0 Å². The molecule has 2 rings (SSSR count). The maximum atomic E-state index is 3.60. The summed E-state index contributed by atoms with van der Waals surface area (Å²) in [6.07, 6.45) is 8.50. The zero-order chi connectivity index (χ0) is 14.5. The van der Waals surface area contributed by atoms with Crippen molar-refractivity contribution in [1.82, 2.24) is 10.2 Å². The normalized spacial score (nSPS) is 37.0. The van der Waals surface area contributed by atoms with E-state index < -0.39 is 0 Å². The van der Waals surface area contributed by atoms with Gasteiger partial charge in [0, 0.05) is 12.6 Å². The van der Waals surface area contributed by atoms with Crippen molar-refractivity contribution in [3.63, 3.8) is 0 Å². The molecule has 1 aliphatic carbocycles. The van der Waals surface area contributed by atoms with Crippen LogP contribution in [0, 0.1) is 23.7 Å². The second kappa shape index (κ2) is 7.79. The van der Waals surface area contributed by atoms with Gasteiger partial charge in [0.25, 0.3) is 0 Å². The van der Waals surface area contributed by atoms with E-state index in [1.807, 2.05) is 0 Å². The highest BCUT2D eigenvalue weighted by atomic mass is 15.1. The van der Waals surface area contributed by atoms with E-state index >= 15 is 0 Å². The molecule has 0 amide bonds. The van der Waals surface area contributed by atoms with Gasteiger partial charge in [-0.2, -0.15) is 0 Å². The molecule has 4 unspecified atom stereocenters. The van der Waals surface area contributed by atoms with Crippen molar-refractivity contribution in [3.05, 3.63) is 0 Å². The van der Waals surface area contributed by atoms with Gasteiger partial charge < -0.3 is 10.2 Å². The fourth-order valence-corrected chi connectivity index (χ4v) is 4.32. The number of rotatable bonds is 4. The van der Waals surface area contributed by atoms with Gasteiger partial charge in [-0.25, -0.2) is 0 Å². The molecule has 2 nitrogen and oxygen atoms in total. The van der Waals surface area contributed by atoms with Crippen LogP contribution in [0.4, 0.5) is 0 Å². The van der Waals surface area contributed by atoms with Crippen LogP contribution in [0.2, 0.25) is 0 Å². The molecule has 1 aliphatic heterocycles. The summed E-state index contributed by atoms with van der Waals surface area (Å²) in [5.74, 6) is 3.62. The largest absolute Gasteiger partial charge is 0.317 e. The van der Waals surface area contributed by atoms with E-state index in [1.165, 1.54) is 58.2 Å². The van der Waals surface area contributed by atoms with Crippen molar-refractivity contribution < 1.29 is 0 Å². The van der Waals surface area contributed by atoms with Crippen molar-refractivity contribution in [1.29, 1.82) is 0 Å². The van der Waals surface area contributed by atoms with Crippen molar-refractivity contribution in [2.24, 2.45) is 23.7 Å². The van der Waals surface area contributed by atoms with Crippen LogP contribution in [0.15, 0.2) is 0 Å². The molecule has 0 aromatic carbocycles. The van der Waals surface area contributed by atoms with Crippen LogP contribution in [0.3, 0.4) is 0 Å². The van der Waals surface area contributed by atoms with Crippen LogP contribution < -0.4 is 5.32 Å². The van der Waals surface area contributed by atoms with Gasteiger partial charge in [0.05, 0.1) is 0 Å². The zero-order valence-corrected chi connectivity index (χ0v) is 14.2. The van der Waals surface area contributed by atoms with Crippen LogP contribution in [0.5, 0.6) is 0 Å². The first kappa shape index (κ1) is 16.3. The summed E-state index contributed by atoms with van der Waals surface area (Å²) in [5.41, 5.74) is 0. The van der Waals surface area contributed by atoms with E-state index in [2.05, 4.69) is 38.0 Å². The quantitative estimate of drug-likeness (QED) is 0.843. The van der Waals surface area contributed by atoms with Crippen LogP contribution in [-0.2, 0) is 0 Å². The van der Waals surface area contributed by atoms with Gasteiger partial charge in [-0.05, 0) is 82.3 Å². The zero-order valence-electron chi connectivity index (χ0n) is 14.2. The minimum absolute atomic E-state index is 0.755. The number of nitrogens with one attached hydrogen (secondary N) is 1. The van der Waals surface area contributed by atoms with Crippen molar-refractivity contribution in [3.8, 4) is 0 Å². The lowest BCUT2D eigenvalue weighted by Gasteiger charge is -2.40. The Hall–Kier alpha value is -0.0800. The summed E-state index contributed by atoms with van der Waals surface area (Å²) in [7, 11) is 2.16. The lowest BCUT2D eigenvalue weighted by molar-refractivity contribution is 0.126. The molecule has 0 aromatic heterocycles. The van der Waals surface area contributed by atoms with E-state index in [-0.39, 0.29) is 0 Å². The summed E-state index contributed by atoms with van der Waals surface area (Å²) in [6.45, 7) is 11.3. The Balaban J connectivity index is 1.90. The molecule has 0 radical (unpaired) electrons. The molecule has 1 saturated carbocycles. The van der Waals surface area contributed by atoms with Crippen molar-refractivity contribution >= 4 is 0 Å². The topological polar surface area (TPSA) is 15.3 Å². The minimum atomic E-state index is 0.755. The van der Waals surface area contributed by atoms with Gasteiger partial charge in [-0.3, -0.25) is 0 Å². The second-order valence-electron chi connectivity index (χ2n) is 7.81. The highest BCUT2D eigenvalue weighted by Gasteiger charge is 2.32. The average Bonchev–Trinajstić information content (AvgIpc) is 2.63. The molecular formula is C18H36N2. The Kier molecular flexibility index (Phi) is 6.35. The maximum Gasteiger partial charge on any atom is 0.0105 e. The number of likely N-dealkylation sites (tertiary alicyclic amines) is 1. The van der Waals surface area contributed by atoms with E-state index in [9.17, 15) is 0 Å². The van der Waals surface area contributed by atoms with Crippen molar-refractivity contribution in [2.45, 2.75) is 65.3 Å². The fourth-order valence-electron chi connectivity index (χ4n) is 4.32. The minimum Gasteiger partial charge on any atom is -0.317 e. The van der Waals surface area contributed by atoms with Crippen LogP contribution in [0.25, 0.3) is 0 Å². The molecule has 2 aliphatic rings. The first-order valence-corrected chi connectivity index (χ1v) is 8.99. The first-order valence-electron chi connectivity index (χ1n) is 8.99. The average molecular weight is 280 g/mol. The standard InChI is InChI=1S/C18H36N2/c1-14(2)16-7-8-18(19-4)17(12-16)13-20-10-5-6-15(3)9-11-20/h14-19H,5-13H2,1-4H3.